The summed E-state index contributed by atoms with van der Waals surface area (Å²) < 4.78 is 2.08. The lowest BCUT2D eigenvalue weighted by Crippen LogP contribution is -2.46. The molecular formula is C13H26N4. The predicted octanol–water partition coefficient (Wildman–Crippen LogP) is 1.89. The summed E-state index contributed by atoms with van der Waals surface area (Å²) in [5.41, 5.74) is 5.50. The van der Waals surface area contributed by atoms with Crippen LogP contribution in [0, 0.1) is 5.41 Å². The molecule has 3 N–H and O–H groups in total. The fraction of sp³-hybridized carbons (Fsp3) is 0.769. The highest BCUT2D eigenvalue weighted by molar-refractivity contribution is 5.12. The molecule has 1 rings (SSSR count). The second kappa shape index (κ2) is 5.65. The Hall–Kier alpha value is -0.870. The van der Waals surface area contributed by atoms with E-state index in [-0.39, 0.29) is 11.5 Å². The zero-order valence-electron chi connectivity index (χ0n) is 11.7. The normalized spacial score (nSPS) is 14.0. The van der Waals surface area contributed by atoms with E-state index in [0.29, 0.717) is 0 Å². The van der Waals surface area contributed by atoms with Gasteiger partial charge in [-0.1, -0.05) is 27.7 Å². The van der Waals surface area contributed by atoms with Crippen molar-refractivity contribution in [2.24, 2.45) is 11.3 Å². The standard InChI is InChI=1S/C13H26N4/c1-6-10-8-11(17(7-2)16-10)9-12(15-14)13(3,4)5/h8,12,15H,6-7,9,14H2,1-5H3. The molecule has 0 saturated carbocycles. The van der Waals surface area contributed by atoms with E-state index in [9.17, 15) is 0 Å². The first-order chi connectivity index (χ1) is 7.92. The average molecular weight is 238 g/mol. The number of aromatic nitrogens is 2. The van der Waals surface area contributed by atoms with Gasteiger partial charge in [0, 0.05) is 24.7 Å². The van der Waals surface area contributed by atoms with Crippen LogP contribution in [0.2, 0.25) is 0 Å². The van der Waals surface area contributed by atoms with Crippen molar-refractivity contribution in [3.8, 4) is 0 Å². The van der Waals surface area contributed by atoms with Gasteiger partial charge in [-0.3, -0.25) is 16.0 Å². The largest absolute Gasteiger partial charge is 0.271 e. The van der Waals surface area contributed by atoms with Gasteiger partial charge in [-0.2, -0.15) is 5.10 Å². The molecule has 0 aromatic carbocycles. The Labute approximate surface area is 105 Å². The molecule has 0 amide bonds. The fourth-order valence-corrected chi connectivity index (χ4v) is 1.95. The maximum atomic E-state index is 5.66. The van der Waals surface area contributed by atoms with Crippen molar-refractivity contribution in [2.75, 3.05) is 0 Å². The van der Waals surface area contributed by atoms with Crippen molar-refractivity contribution in [1.82, 2.24) is 15.2 Å². The molecule has 1 heterocycles. The van der Waals surface area contributed by atoms with Crippen molar-refractivity contribution in [3.05, 3.63) is 17.5 Å². The van der Waals surface area contributed by atoms with Gasteiger partial charge in [0.2, 0.25) is 0 Å². The highest BCUT2D eigenvalue weighted by Gasteiger charge is 2.25. The number of nitrogens with one attached hydrogen (secondary N) is 1. The topological polar surface area (TPSA) is 55.9 Å². The molecule has 1 aromatic rings. The van der Waals surface area contributed by atoms with Crippen LogP contribution in [0.4, 0.5) is 0 Å². The monoisotopic (exact) mass is 238 g/mol. The zero-order chi connectivity index (χ0) is 13.1. The molecule has 4 nitrogen and oxygen atoms in total. The highest BCUT2D eigenvalue weighted by Crippen LogP contribution is 2.22. The molecule has 17 heavy (non-hydrogen) atoms. The van der Waals surface area contributed by atoms with Gasteiger partial charge in [-0.05, 0) is 24.8 Å². The van der Waals surface area contributed by atoms with E-state index in [1.807, 2.05) is 0 Å². The number of aryl methyl sites for hydroxylation is 2. The Balaban J connectivity index is 2.89. The van der Waals surface area contributed by atoms with Crippen LogP contribution in [0.3, 0.4) is 0 Å². The van der Waals surface area contributed by atoms with Crippen molar-refractivity contribution in [1.29, 1.82) is 0 Å². The summed E-state index contributed by atoms with van der Waals surface area (Å²) in [6.45, 7) is 11.8. The third kappa shape index (κ3) is 3.54. The number of nitrogens with two attached hydrogens (primary N) is 1. The van der Waals surface area contributed by atoms with Gasteiger partial charge in [-0.25, -0.2) is 0 Å². The van der Waals surface area contributed by atoms with E-state index in [2.05, 4.69) is 55.9 Å². The molecule has 0 fully saturated rings. The highest BCUT2D eigenvalue weighted by atomic mass is 15.3. The predicted molar refractivity (Wildman–Crippen MR) is 71.5 cm³/mol. The molecule has 0 bridgehead atoms. The van der Waals surface area contributed by atoms with Crippen LogP contribution in [0.1, 0.15) is 46.0 Å². The lowest BCUT2D eigenvalue weighted by Gasteiger charge is -2.30. The minimum Gasteiger partial charge on any atom is -0.271 e. The summed E-state index contributed by atoms with van der Waals surface area (Å²) >= 11 is 0. The van der Waals surface area contributed by atoms with Crippen LogP contribution in [0.15, 0.2) is 6.07 Å². The SMILES string of the molecule is CCc1cc(CC(NN)C(C)(C)C)n(CC)n1. The van der Waals surface area contributed by atoms with Gasteiger partial charge < -0.3 is 0 Å². The van der Waals surface area contributed by atoms with E-state index in [4.69, 9.17) is 5.84 Å². The second-order valence-corrected chi connectivity index (χ2v) is 5.59. The quantitative estimate of drug-likeness (QED) is 0.608. The van der Waals surface area contributed by atoms with Crippen molar-refractivity contribution >= 4 is 0 Å². The minimum atomic E-state index is 0.143. The Kier molecular flexibility index (Phi) is 4.71. The summed E-state index contributed by atoms with van der Waals surface area (Å²) in [6, 6.07) is 2.45. The van der Waals surface area contributed by atoms with Gasteiger partial charge in [-0.15, -0.1) is 0 Å². The smallest absolute Gasteiger partial charge is 0.0624 e. The van der Waals surface area contributed by atoms with E-state index in [0.717, 1.165) is 25.1 Å². The molecule has 98 valence electrons. The molecule has 0 aliphatic carbocycles. The van der Waals surface area contributed by atoms with E-state index >= 15 is 0 Å². The molecular weight excluding hydrogens is 212 g/mol. The molecule has 0 aliphatic heterocycles. The summed E-state index contributed by atoms with van der Waals surface area (Å²) in [5.74, 6) is 5.66. The van der Waals surface area contributed by atoms with Crippen LogP contribution in [-0.4, -0.2) is 15.8 Å². The van der Waals surface area contributed by atoms with Crippen molar-refractivity contribution in [3.63, 3.8) is 0 Å². The van der Waals surface area contributed by atoms with Crippen LogP contribution in [0.5, 0.6) is 0 Å². The molecule has 0 radical (unpaired) electrons. The number of hydrogen-bond donors (Lipinski definition) is 2. The fourth-order valence-electron chi connectivity index (χ4n) is 1.95. The molecule has 1 atom stereocenters. The molecule has 1 aromatic heterocycles. The van der Waals surface area contributed by atoms with E-state index in [1.54, 1.807) is 0 Å². The maximum Gasteiger partial charge on any atom is 0.0624 e. The Morgan fingerprint density at radius 1 is 1.41 bits per heavy atom. The third-order valence-electron chi connectivity index (χ3n) is 3.24. The average Bonchev–Trinajstić information content (AvgIpc) is 2.66. The maximum absolute atomic E-state index is 5.66. The Morgan fingerprint density at radius 2 is 2.06 bits per heavy atom. The summed E-state index contributed by atoms with van der Waals surface area (Å²) in [7, 11) is 0. The molecule has 0 aliphatic rings. The minimum absolute atomic E-state index is 0.143. The first kappa shape index (κ1) is 14.2. The van der Waals surface area contributed by atoms with Gasteiger partial charge in [0.15, 0.2) is 0 Å². The van der Waals surface area contributed by atoms with E-state index in [1.165, 1.54) is 5.69 Å². The van der Waals surface area contributed by atoms with Crippen LogP contribution < -0.4 is 11.3 Å². The summed E-state index contributed by atoms with van der Waals surface area (Å²) in [6.07, 6.45) is 1.90. The second-order valence-electron chi connectivity index (χ2n) is 5.59. The van der Waals surface area contributed by atoms with Crippen LogP contribution in [0.25, 0.3) is 0 Å². The zero-order valence-corrected chi connectivity index (χ0v) is 11.7. The number of hydrogen-bond acceptors (Lipinski definition) is 3. The third-order valence-corrected chi connectivity index (χ3v) is 3.24. The number of rotatable bonds is 5. The lowest BCUT2D eigenvalue weighted by atomic mass is 9.84. The molecule has 4 heteroatoms. The molecule has 1 unspecified atom stereocenters. The first-order valence-electron chi connectivity index (χ1n) is 6.44. The van der Waals surface area contributed by atoms with Gasteiger partial charge in [0.25, 0.3) is 0 Å². The van der Waals surface area contributed by atoms with E-state index < -0.39 is 0 Å². The van der Waals surface area contributed by atoms with Gasteiger partial charge >= 0.3 is 0 Å². The van der Waals surface area contributed by atoms with Crippen molar-refractivity contribution < 1.29 is 0 Å². The van der Waals surface area contributed by atoms with Gasteiger partial charge in [0.05, 0.1) is 5.69 Å². The van der Waals surface area contributed by atoms with Crippen LogP contribution >= 0.6 is 0 Å². The van der Waals surface area contributed by atoms with Gasteiger partial charge in [0.1, 0.15) is 0 Å². The van der Waals surface area contributed by atoms with Crippen LogP contribution in [-0.2, 0) is 19.4 Å². The Bertz CT molecular complexity index is 349. The number of hydrazine groups is 1. The molecule has 0 spiro atoms. The Morgan fingerprint density at radius 3 is 2.47 bits per heavy atom. The summed E-state index contributed by atoms with van der Waals surface area (Å²) in [5, 5.41) is 4.56. The first-order valence-corrected chi connectivity index (χ1v) is 6.44. The lowest BCUT2D eigenvalue weighted by molar-refractivity contribution is 0.265. The van der Waals surface area contributed by atoms with Crippen molar-refractivity contribution in [2.45, 2.75) is 60.0 Å². The molecule has 0 saturated heterocycles. The number of nitrogens with zero attached hydrogens (tertiary/aromatic N) is 2. The summed E-state index contributed by atoms with van der Waals surface area (Å²) in [4.78, 5) is 0.